The first-order valence-electron chi connectivity index (χ1n) is 5.13. The van der Waals surface area contributed by atoms with Crippen LogP contribution in [0.4, 0.5) is 13.2 Å². The molecule has 0 amide bonds. The number of nitrogens with two attached hydrogens (primary N) is 1. The predicted octanol–water partition coefficient (Wildman–Crippen LogP) is 2.36. The van der Waals surface area contributed by atoms with Gasteiger partial charge in [0.2, 0.25) is 0 Å². The molecule has 0 saturated heterocycles. The van der Waals surface area contributed by atoms with E-state index < -0.39 is 18.5 Å². The van der Waals surface area contributed by atoms with Crippen molar-refractivity contribution in [2.75, 3.05) is 0 Å². The Morgan fingerprint density at radius 2 is 1.82 bits per heavy atom. The van der Waals surface area contributed by atoms with Crippen LogP contribution in [-0.2, 0) is 0 Å². The normalized spacial score (nSPS) is 15.4. The number of halogens is 3. The van der Waals surface area contributed by atoms with Crippen molar-refractivity contribution in [3.05, 3.63) is 29.8 Å². The van der Waals surface area contributed by atoms with Crippen LogP contribution in [0.25, 0.3) is 0 Å². The lowest BCUT2D eigenvalue weighted by Crippen LogP contribution is -2.25. The first-order valence-corrected chi connectivity index (χ1v) is 5.13. The van der Waals surface area contributed by atoms with Crippen molar-refractivity contribution in [2.24, 2.45) is 5.73 Å². The van der Waals surface area contributed by atoms with Gasteiger partial charge in [-0.05, 0) is 24.1 Å². The lowest BCUT2D eigenvalue weighted by molar-refractivity contribution is -0.274. The first kappa shape index (κ1) is 13.8. The average molecular weight is 249 g/mol. The lowest BCUT2D eigenvalue weighted by Gasteiger charge is -2.18. The van der Waals surface area contributed by atoms with E-state index in [4.69, 9.17) is 5.73 Å². The van der Waals surface area contributed by atoms with Crippen molar-refractivity contribution in [1.29, 1.82) is 0 Å². The van der Waals surface area contributed by atoms with Gasteiger partial charge in [0.15, 0.2) is 0 Å². The molecule has 0 unspecified atom stereocenters. The highest BCUT2D eigenvalue weighted by atomic mass is 19.4. The Balaban J connectivity index is 2.74. The molecular weight excluding hydrogens is 235 g/mol. The Hall–Kier alpha value is -1.27. The number of aliphatic hydroxyl groups is 1. The van der Waals surface area contributed by atoms with Crippen molar-refractivity contribution in [3.8, 4) is 5.75 Å². The summed E-state index contributed by atoms with van der Waals surface area (Å²) in [5.41, 5.74) is 6.28. The summed E-state index contributed by atoms with van der Waals surface area (Å²) in [6, 6.07) is 4.55. The van der Waals surface area contributed by atoms with E-state index in [1.54, 1.807) is 6.92 Å². The van der Waals surface area contributed by atoms with Gasteiger partial charge in [0.05, 0.1) is 12.1 Å². The van der Waals surface area contributed by atoms with Crippen molar-refractivity contribution < 1.29 is 23.0 Å². The molecule has 1 rings (SSSR count). The van der Waals surface area contributed by atoms with E-state index in [2.05, 4.69) is 4.74 Å². The Morgan fingerprint density at radius 1 is 1.29 bits per heavy atom. The smallest absolute Gasteiger partial charge is 0.406 e. The van der Waals surface area contributed by atoms with Gasteiger partial charge in [-0.2, -0.15) is 0 Å². The number of benzene rings is 1. The standard InChI is InChI=1S/C11H14F3NO2/c1-2-9(16)10(15)7-3-5-8(6-4-7)17-11(12,13)14/h3-6,9-10,16H,2,15H2,1H3/t9-,10+/m0/s1. The second-order valence-electron chi connectivity index (χ2n) is 3.62. The van der Waals surface area contributed by atoms with Crippen LogP contribution in [0.1, 0.15) is 24.9 Å². The fraction of sp³-hybridized carbons (Fsp3) is 0.455. The highest BCUT2D eigenvalue weighted by molar-refractivity contribution is 5.29. The van der Waals surface area contributed by atoms with Crippen LogP contribution in [0.5, 0.6) is 5.75 Å². The highest BCUT2D eigenvalue weighted by Gasteiger charge is 2.31. The minimum atomic E-state index is -4.70. The molecule has 0 fully saturated rings. The summed E-state index contributed by atoms with van der Waals surface area (Å²) in [7, 11) is 0. The fourth-order valence-corrected chi connectivity index (χ4v) is 1.37. The van der Waals surface area contributed by atoms with Gasteiger partial charge in [0.25, 0.3) is 0 Å². The maximum absolute atomic E-state index is 11.9. The van der Waals surface area contributed by atoms with Gasteiger partial charge in [-0.1, -0.05) is 19.1 Å². The van der Waals surface area contributed by atoms with Crippen molar-refractivity contribution in [3.63, 3.8) is 0 Å². The number of alkyl halides is 3. The highest BCUT2D eigenvalue weighted by Crippen LogP contribution is 2.25. The molecule has 0 heterocycles. The molecule has 6 heteroatoms. The van der Waals surface area contributed by atoms with Gasteiger partial charge in [0.1, 0.15) is 5.75 Å². The SMILES string of the molecule is CC[C@H](O)[C@H](N)c1ccc(OC(F)(F)F)cc1. The van der Waals surface area contributed by atoms with Gasteiger partial charge in [-0.15, -0.1) is 13.2 Å². The largest absolute Gasteiger partial charge is 0.573 e. The van der Waals surface area contributed by atoms with Crippen LogP contribution in [0.2, 0.25) is 0 Å². The van der Waals surface area contributed by atoms with E-state index >= 15 is 0 Å². The molecule has 0 spiro atoms. The summed E-state index contributed by atoms with van der Waals surface area (Å²) in [5.74, 6) is -0.306. The summed E-state index contributed by atoms with van der Waals surface area (Å²) in [6.45, 7) is 1.77. The number of hydrogen-bond donors (Lipinski definition) is 2. The van der Waals surface area contributed by atoms with E-state index in [0.717, 1.165) is 0 Å². The predicted molar refractivity (Wildman–Crippen MR) is 56.4 cm³/mol. The Morgan fingerprint density at radius 3 is 2.24 bits per heavy atom. The van der Waals surface area contributed by atoms with Crippen molar-refractivity contribution in [1.82, 2.24) is 0 Å². The first-order chi connectivity index (χ1) is 7.83. The molecule has 1 aromatic rings. The maximum atomic E-state index is 11.9. The molecule has 0 bridgehead atoms. The third kappa shape index (κ3) is 4.24. The van der Waals surface area contributed by atoms with Gasteiger partial charge in [0, 0.05) is 0 Å². The Kier molecular flexibility index (Phi) is 4.36. The number of ether oxygens (including phenoxy) is 1. The Labute approximate surface area is 97.0 Å². The molecule has 17 heavy (non-hydrogen) atoms. The molecule has 0 aliphatic carbocycles. The van der Waals surface area contributed by atoms with Gasteiger partial charge in [-0.25, -0.2) is 0 Å². The molecule has 0 aliphatic heterocycles. The molecule has 0 aliphatic rings. The second-order valence-corrected chi connectivity index (χ2v) is 3.62. The fourth-order valence-electron chi connectivity index (χ4n) is 1.37. The molecule has 2 atom stereocenters. The van der Waals surface area contributed by atoms with Crippen molar-refractivity contribution >= 4 is 0 Å². The molecule has 0 aromatic heterocycles. The summed E-state index contributed by atoms with van der Waals surface area (Å²) in [6.07, 6.45) is -4.95. The monoisotopic (exact) mass is 249 g/mol. The zero-order valence-corrected chi connectivity index (χ0v) is 9.24. The van der Waals surface area contributed by atoms with Crippen molar-refractivity contribution in [2.45, 2.75) is 31.9 Å². The minimum absolute atomic E-state index is 0.306. The third-order valence-electron chi connectivity index (χ3n) is 2.33. The topological polar surface area (TPSA) is 55.5 Å². The van der Waals surface area contributed by atoms with Gasteiger partial charge < -0.3 is 15.6 Å². The number of hydrogen-bond acceptors (Lipinski definition) is 3. The van der Waals surface area contributed by atoms with E-state index in [9.17, 15) is 18.3 Å². The number of rotatable bonds is 4. The van der Waals surface area contributed by atoms with Gasteiger partial charge >= 0.3 is 6.36 Å². The third-order valence-corrected chi connectivity index (χ3v) is 2.33. The van der Waals surface area contributed by atoms with Crippen LogP contribution < -0.4 is 10.5 Å². The zero-order valence-electron chi connectivity index (χ0n) is 9.24. The quantitative estimate of drug-likeness (QED) is 0.861. The van der Waals surface area contributed by atoms with E-state index in [1.165, 1.54) is 24.3 Å². The molecule has 0 saturated carbocycles. The Bertz CT molecular complexity index is 351. The van der Waals surface area contributed by atoms with Crippen LogP contribution in [0, 0.1) is 0 Å². The summed E-state index contributed by atoms with van der Waals surface area (Å²) in [5, 5.41) is 9.50. The molecule has 3 nitrogen and oxygen atoms in total. The summed E-state index contributed by atoms with van der Waals surface area (Å²) < 4.78 is 39.4. The molecule has 96 valence electrons. The van der Waals surface area contributed by atoms with E-state index in [-0.39, 0.29) is 5.75 Å². The van der Waals surface area contributed by atoms with Gasteiger partial charge in [-0.3, -0.25) is 0 Å². The average Bonchev–Trinajstić information content (AvgIpc) is 2.26. The van der Waals surface area contributed by atoms with Crippen LogP contribution in [0.15, 0.2) is 24.3 Å². The minimum Gasteiger partial charge on any atom is -0.406 e. The number of aliphatic hydroxyl groups excluding tert-OH is 1. The molecule has 1 aromatic carbocycles. The summed E-state index contributed by atoms with van der Waals surface area (Å²) >= 11 is 0. The lowest BCUT2D eigenvalue weighted by atomic mass is 10.0. The van der Waals surface area contributed by atoms with E-state index in [0.29, 0.717) is 12.0 Å². The second kappa shape index (κ2) is 5.37. The van der Waals surface area contributed by atoms with Crippen LogP contribution in [0.3, 0.4) is 0 Å². The van der Waals surface area contributed by atoms with E-state index in [1.807, 2.05) is 0 Å². The molecule has 3 N–H and O–H groups in total. The maximum Gasteiger partial charge on any atom is 0.573 e. The van der Waals surface area contributed by atoms with Crippen LogP contribution in [-0.4, -0.2) is 17.6 Å². The van der Waals surface area contributed by atoms with Crippen LogP contribution >= 0.6 is 0 Å². The molecule has 0 radical (unpaired) electrons. The molecular formula is C11H14F3NO2. The summed E-state index contributed by atoms with van der Waals surface area (Å²) in [4.78, 5) is 0. The zero-order chi connectivity index (χ0) is 13.1.